The Labute approximate surface area is 179 Å². The molecule has 0 radical (unpaired) electrons. The molecule has 152 valence electrons. The van der Waals surface area contributed by atoms with E-state index in [-0.39, 0.29) is 6.04 Å². The van der Waals surface area contributed by atoms with E-state index >= 15 is 0 Å². The number of likely N-dealkylation sites (tertiary alicyclic amines) is 1. The zero-order valence-electron chi connectivity index (χ0n) is 16.6. The Hall–Kier alpha value is -2.16. The van der Waals surface area contributed by atoms with E-state index in [1.165, 1.54) is 12.8 Å². The van der Waals surface area contributed by atoms with Gasteiger partial charge in [0.15, 0.2) is 0 Å². The number of nitrogens with one attached hydrogen (secondary N) is 1. The maximum atomic E-state index is 5.98. The van der Waals surface area contributed by atoms with Crippen LogP contribution in [0.2, 0.25) is 5.02 Å². The van der Waals surface area contributed by atoms with Crippen LogP contribution in [-0.4, -0.2) is 36.6 Å². The zero-order chi connectivity index (χ0) is 20.2. The molecule has 0 aliphatic carbocycles. The third kappa shape index (κ3) is 5.07. The number of nitrogens with zero attached hydrogens (tertiary/aromatic N) is 6. The van der Waals surface area contributed by atoms with Crippen LogP contribution >= 0.6 is 22.9 Å². The first-order valence-corrected chi connectivity index (χ1v) is 11.1. The molecule has 0 saturated carbocycles. The van der Waals surface area contributed by atoms with E-state index in [4.69, 9.17) is 21.6 Å². The minimum Gasteiger partial charge on any atom is -0.315 e. The number of hydrogen-bond acceptors (Lipinski definition) is 8. The number of rotatable bonds is 6. The number of anilines is 2. The van der Waals surface area contributed by atoms with Gasteiger partial charge >= 0.3 is 0 Å². The molecular weight excluding hydrogens is 406 g/mol. The molecule has 1 N–H and O–H groups in total. The first-order chi connectivity index (χ1) is 14.1. The molecule has 29 heavy (non-hydrogen) atoms. The zero-order valence-corrected chi connectivity index (χ0v) is 18.2. The predicted molar refractivity (Wildman–Crippen MR) is 116 cm³/mol. The number of pyridine rings is 1. The Balaban J connectivity index is 1.55. The molecule has 0 spiro atoms. The number of aryl methyl sites for hydroxylation is 2. The van der Waals surface area contributed by atoms with Crippen molar-refractivity contribution in [2.45, 2.75) is 52.1 Å². The Morgan fingerprint density at radius 1 is 1.24 bits per heavy atom. The number of aromatic nitrogens is 5. The molecule has 1 atom stereocenters. The summed E-state index contributed by atoms with van der Waals surface area (Å²) in [5, 5.41) is 14.1. The molecule has 1 aliphatic heterocycles. The average Bonchev–Trinajstić information content (AvgIpc) is 3.17. The lowest BCUT2D eigenvalue weighted by atomic mass is 10.0. The molecule has 1 fully saturated rings. The molecule has 7 nitrogen and oxygen atoms in total. The summed E-state index contributed by atoms with van der Waals surface area (Å²) in [5.41, 5.74) is 1.95. The van der Waals surface area contributed by atoms with Crippen LogP contribution in [0, 0.1) is 6.92 Å². The summed E-state index contributed by atoms with van der Waals surface area (Å²) in [6, 6.07) is 5.99. The highest BCUT2D eigenvalue weighted by Gasteiger charge is 2.27. The lowest BCUT2D eigenvalue weighted by molar-refractivity contribution is 0.132. The molecule has 0 bridgehead atoms. The van der Waals surface area contributed by atoms with Gasteiger partial charge in [-0.1, -0.05) is 36.3 Å². The fourth-order valence-electron chi connectivity index (χ4n) is 3.54. The Kier molecular flexibility index (Phi) is 6.32. The van der Waals surface area contributed by atoms with E-state index in [1.807, 2.05) is 25.1 Å². The van der Waals surface area contributed by atoms with Crippen molar-refractivity contribution in [3.63, 3.8) is 0 Å². The summed E-state index contributed by atoms with van der Waals surface area (Å²) in [6.45, 7) is 5.84. The molecule has 1 unspecified atom stereocenters. The number of halogens is 1. The SMILES string of the molecule is CCc1nnc(Nc2cc(C)nc(C3CCCCN3Cc3ccc(Cl)cn3)n2)s1. The van der Waals surface area contributed by atoms with Crippen LogP contribution in [0.4, 0.5) is 10.9 Å². The van der Waals surface area contributed by atoms with Gasteiger partial charge in [-0.25, -0.2) is 9.97 Å². The monoisotopic (exact) mass is 429 g/mol. The van der Waals surface area contributed by atoms with E-state index in [2.05, 4.69) is 32.3 Å². The van der Waals surface area contributed by atoms with Crippen molar-refractivity contribution in [2.24, 2.45) is 0 Å². The Morgan fingerprint density at radius 2 is 2.14 bits per heavy atom. The van der Waals surface area contributed by atoms with Crippen LogP contribution in [0.1, 0.15) is 54.4 Å². The molecule has 1 aliphatic rings. The maximum Gasteiger partial charge on any atom is 0.211 e. The second-order valence-electron chi connectivity index (χ2n) is 7.18. The predicted octanol–water partition coefficient (Wildman–Crippen LogP) is 4.72. The van der Waals surface area contributed by atoms with Crippen LogP contribution < -0.4 is 5.32 Å². The first kappa shape index (κ1) is 20.1. The summed E-state index contributed by atoms with van der Waals surface area (Å²) in [6.07, 6.45) is 5.96. The molecule has 1 saturated heterocycles. The summed E-state index contributed by atoms with van der Waals surface area (Å²) in [5.74, 6) is 1.61. The van der Waals surface area contributed by atoms with Crippen LogP contribution in [0.3, 0.4) is 0 Å². The molecule has 4 heterocycles. The normalized spacial score (nSPS) is 17.4. The minimum absolute atomic E-state index is 0.169. The van der Waals surface area contributed by atoms with E-state index in [9.17, 15) is 0 Å². The van der Waals surface area contributed by atoms with E-state index in [0.717, 1.165) is 59.1 Å². The minimum atomic E-state index is 0.169. The second-order valence-corrected chi connectivity index (χ2v) is 8.68. The largest absolute Gasteiger partial charge is 0.315 e. The first-order valence-electron chi connectivity index (χ1n) is 9.90. The third-order valence-electron chi connectivity index (χ3n) is 4.94. The second kappa shape index (κ2) is 9.11. The van der Waals surface area contributed by atoms with Crippen LogP contribution in [0.25, 0.3) is 0 Å². The van der Waals surface area contributed by atoms with E-state index < -0.39 is 0 Å². The van der Waals surface area contributed by atoms with Crippen LogP contribution in [0.5, 0.6) is 0 Å². The fourth-order valence-corrected chi connectivity index (χ4v) is 4.34. The topological polar surface area (TPSA) is 79.7 Å². The van der Waals surface area contributed by atoms with Crippen molar-refractivity contribution in [1.29, 1.82) is 0 Å². The lowest BCUT2D eigenvalue weighted by Crippen LogP contribution is -2.34. The average molecular weight is 430 g/mol. The van der Waals surface area contributed by atoms with Gasteiger partial charge in [-0.3, -0.25) is 9.88 Å². The van der Waals surface area contributed by atoms with E-state index in [1.54, 1.807) is 17.5 Å². The van der Waals surface area contributed by atoms with Gasteiger partial charge < -0.3 is 5.32 Å². The van der Waals surface area contributed by atoms with Gasteiger partial charge in [0.2, 0.25) is 5.13 Å². The third-order valence-corrected chi connectivity index (χ3v) is 6.15. The molecule has 0 amide bonds. The fraction of sp³-hybridized carbons (Fsp3) is 0.450. The van der Waals surface area contributed by atoms with Crippen molar-refractivity contribution in [3.05, 3.63) is 51.6 Å². The van der Waals surface area contributed by atoms with Crippen molar-refractivity contribution < 1.29 is 0 Å². The number of piperidine rings is 1. The molecular formula is C20H24ClN7S. The van der Waals surface area contributed by atoms with Crippen LogP contribution in [0.15, 0.2) is 24.4 Å². The Morgan fingerprint density at radius 3 is 2.90 bits per heavy atom. The standard InChI is InChI=1S/C20H24ClN7S/c1-3-18-26-27-20(29-18)25-17-10-13(2)23-19(24-17)16-6-4-5-9-28(16)12-15-8-7-14(21)11-22-15/h7-8,10-11,16H,3-6,9,12H2,1-2H3,(H,23,24,25,27). The summed E-state index contributed by atoms with van der Waals surface area (Å²) in [4.78, 5) is 16.5. The smallest absolute Gasteiger partial charge is 0.211 e. The lowest BCUT2D eigenvalue weighted by Gasteiger charge is -2.34. The highest BCUT2D eigenvalue weighted by Crippen LogP contribution is 2.31. The van der Waals surface area contributed by atoms with Crippen molar-refractivity contribution in [2.75, 3.05) is 11.9 Å². The van der Waals surface area contributed by atoms with Gasteiger partial charge in [-0.05, 0) is 44.9 Å². The summed E-state index contributed by atoms with van der Waals surface area (Å²) in [7, 11) is 0. The summed E-state index contributed by atoms with van der Waals surface area (Å²) < 4.78 is 0. The number of hydrogen-bond donors (Lipinski definition) is 1. The van der Waals surface area contributed by atoms with Gasteiger partial charge in [0.25, 0.3) is 0 Å². The van der Waals surface area contributed by atoms with Gasteiger partial charge in [0.05, 0.1) is 16.8 Å². The highest BCUT2D eigenvalue weighted by molar-refractivity contribution is 7.15. The Bertz CT molecular complexity index is 960. The molecule has 4 rings (SSSR count). The van der Waals surface area contributed by atoms with E-state index in [0.29, 0.717) is 5.02 Å². The van der Waals surface area contributed by atoms with Gasteiger partial charge in [-0.15, -0.1) is 10.2 Å². The van der Waals surface area contributed by atoms with Gasteiger partial charge in [0, 0.05) is 24.5 Å². The van der Waals surface area contributed by atoms with Crippen LogP contribution in [-0.2, 0) is 13.0 Å². The van der Waals surface area contributed by atoms with Crippen molar-refractivity contribution >= 4 is 33.9 Å². The molecule has 3 aromatic rings. The van der Waals surface area contributed by atoms with Gasteiger partial charge in [0.1, 0.15) is 16.6 Å². The summed E-state index contributed by atoms with van der Waals surface area (Å²) >= 11 is 7.53. The van der Waals surface area contributed by atoms with Crippen molar-refractivity contribution in [3.8, 4) is 0 Å². The van der Waals surface area contributed by atoms with Crippen molar-refractivity contribution in [1.82, 2.24) is 30.0 Å². The molecule has 9 heteroatoms. The quantitative estimate of drug-likeness (QED) is 0.607. The molecule has 0 aromatic carbocycles. The maximum absolute atomic E-state index is 5.98. The highest BCUT2D eigenvalue weighted by atomic mass is 35.5. The van der Waals surface area contributed by atoms with Gasteiger partial charge in [-0.2, -0.15) is 0 Å². The molecule has 3 aromatic heterocycles.